The minimum atomic E-state index is -4.57. The van der Waals surface area contributed by atoms with Gasteiger partial charge in [-0.15, -0.1) is 0 Å². The average Bonchev–Trinajstić information content (AvgIpc) is 3.00. The third kappa shape index (κ3) is 3.84. The molecular weight excluding hydrogens is 373 g/mol. The molecule has 3 rings (SSSR count). The highest BCUT2D eigenvalue weighted by Gasteiger charge is 2.35. The smallest absolute Gasteiger partial charge is 0.435 e. The molecular formula is C17H12ClF3N2OS. The standard InChI is InChI=1S/C17H12ClF3N2OS/c1-25(24)14-7-5-11(6-8-14)15-10-16(17(19,20)21)22-23(15)13-4-2-3-12(18)9-13/h2-10H,1H3. The summed E-state index contributed by atoms with van der Waals surface area (Å²) in [5.74, 6) is 0. The molecule has 1 aromatic heterocycles. The Hall–Kier alpha value is -1.96. The van der Waals surface area contributed by atoms with E-state index >= 15 is 0 Å². The van der Waals surface area contributed by atoms with Crippen molar-refractivity contribution < 1.29 is 17.7 Å². The third-order valence-corrected chi connectivity index (χ3v) is 4.71. The second-order valence-corrected chi connectivity index (χ2v) is 7.10. The fourth-order valence-corrected chi connectivity index (χ4v) is 3.05. The lowest BCUT2D eigenvalue weighted by Crippen LogP contribution is -2.07. The lowest BCUT2D eigenvalue weighted by molar-refractivity contribution is -0.141. The molecule has 0 aliphatic carbocycles. The van der Waals surface area contributed by atoms with E-state index in [9.17, 15) is 17.7 Å². The van der Waals surface area contributed by atoms with Gasteiger partial charge in [-0.3, -0.25) is 0 Å². The van der Waals surface area contributed by atoms with E-state index in [1.165, 1.54) is 17.0 Å². The highest BCUT2D eigenvalue weighted by atomic mass is 35.5. The fourth-order valence-electron chi connectivity index (χ4n) is 2.35. The second kappa shape index (κ2) is 6.74. The van der Waals surface area contributed by atoms with E-state index in [0.29, 0.717) is 21.2 Å². The molecule has 1 atom stereocenters. The van der Waals surface area contributed by atoms with Crippen LogP contribution in [0.5, 0.6) is 0 Å². The summed E-state index contributed by atoms with van der Waals surface area (Å²) in [7, 11) is 0. The first-order chi connectivity index (χ1) is 11.8. The largest absolute Gasteiger partial charge is 0.612 e. The monoisotopic (exact) mass is 384 g/mol. The van der Waals surface area contributed by atoms with Gasteiger partial charge in [0.15, 0.2) is 10.6 Å². The van der Waals surface area contributed by atoms with Crippen LogP contribution in [-0.2, 0) is 17.4 Å². The summed E-state index contributed by atoms with van der Waals surface area (Å²) in [6, 6.07) is 13.9. The van der Waals surface area contributed by atoms with Gasteiger partial charge in [-0.05, 0) is 59.7 Å². The molecule has 3 nitrogen and oxygen atoms in total. The van der Waals surface area contributed by atoms with E-state index in [1.807, 2.05) is 0 Å². The molecule has 0 fully saturated rings. The zero-order chi connectivity index (χ0) is 18.2. The Morgan fingerprint density at radius 3 is 2.32 bits per heavy atom. The predicted octanol–water partition coefficient (Wildman–Crippen LogP) is 4.95. The Bertz CT molecular complexity index is 892. The number of nitrogens with zero attached hydrogens (tertiary/aromatic N) is 2. The number of hydrogen-bond acceptors (Lipinski definition) is 2. The van der Waals surface area contributed by atoms with Gasteiger partial charge in [-0.25, -0.2) is 4.68 Å². The number of rotatable bonds is 3. The number of benzene rings is 2. The average molecular weight is 385 g/mol. The molecule has 8 heteroatoms. The molecule has 0 spiro atoms. The quantitative estimate of drug-likeness (QED) is 0.599. The zero-order valence-electron chi connectivity index (χ0n) is 12.9. The number of halogens is 4. The molecule has 0 aliphatic rings. The van der Waals surface area contributed by atoms with E-state index in [-0.39, 0.29) is 5.69 Å². The maximum absolute atomic E-state index is 13.1. The Balaban J connectivity index is 2.15. The number of hydrogen-bond donors (Lipinski definition) is 0. The summed E-state index contributed by atoms with van der Waals surface area (Å²) in [6.45, 7) is 0. The van der Waals surface area contributed by atoms with Crippen molar-refractivity contribution in [2.45, 2.75) is 11.1 Å². The van der Waals surface area contributed by atoms with Crippen LogP contribution in [0.15, 0.2) is 59.5 Å². The maximum Gasteiger partial charge on any atom is 0.435 e. The van der Waals surface area contributed by atoms with Crippen molar-refractivity contribution in [3.63, 3.8) is 0 Å². The van der Waals surface area contributed by atoms with Gasteiger partial charge in [-0.1, -0.05) is 17.7 Å². The lowest BCUT2D eigenvalue weighted by atomic mass is 10.1. The van der Waals surface area contributed by atoms with Gasteiger partial charge < -0.3 is 4.55 Å². The molecule has 0 radical (unpaired) electrons. The predicted molar refractivity (Wildman–Crippen MR) is 91.3 cm³/mol. The lowest BCUT2D eigenvalue weighted by Gasteiger charge is -2.09. The fraction of sp³-hybridized carbons (Fsp3) is 0.118. The van der Waals surface area contributed by atoms with Crippen LogP contribution in [0.4, 0.5) is 13.2 Å². The summed E-state index contributed by atoms with van der Waals surface area (Å²) < 4.78 is 52.0. The molecule has 0 saturated carbocycles. The maximum atomic E-state index is 13.1. The molecule has 0 aliphatic heterocycles. The van der Waals surface area contributed by atoms with Crippen LogP contribution < -0.4 is 0 Å². The van der Waals surface area contributed by atoms with Crippen LogP contribution in [0.2, 0.25) is 5.02 Å². The number of aromatic nitrogens is 2. The van der Waals surface area contributed by atoms with Gasteiger partial charge in [0.2, 0.25) is 0 Å². The van der Waals surface area contributed by atoms with Crippen molar-refractivity contribution in [1.29, 1.82) is 0 Å². The van der Waals surface area contributed by atoms with Gasteiger partial charge in [0.05, 0.1) is 11.4 Å². The van der Waals surface area contributed by atoms with Crippen molar-refractivity contribution in [3.05, 3.63) is 65.3 Å². The molecule has 3 aromatic rings. The van der Waals surface area contributed by atoms with Crippen molar-refractivity contribution in [3.8, 4) is 16.9 Å². The van der Waals surface area contributed by atoms with E-state index in [0.717, 1.165) is 6.07 Å². The van der Waals surface area contributed by atoms with Crippen LogP contribution in [0.25, 0.3) is 16.9 Å². The zero-order valence-corrected chi connectivity index (χ0v) is 14.5. The SMILES string of the molecule is C[S+]([O-])c1ccc(-c2cc(C(F)(F)F)nn2-c2cccc(Cl)c2)cc1. The van der Waals surface area contributed by atoms with E-state index in [2.05, 4.69) is 5.10 Å². The summed E-state index contributed by atoms with van der Waals surface area (Å²) in [5, 5.41) is 4.09. The minimum absolute atomic E-state index is 0.267. The van der Waals surface area contributed by atoms with E-state index in [4.69, 9.17) is 11.6 Å². The molecule has 0 amide bonds. The Labute approximate surface area is 150 Å². The van der Waals surface area contributed by atoms with Crippen molar-refractivity contribution >= 4 is 22.8 Å². The van der Waals surface area contributed by atoms with Gasteiger partial charge in [0, 0.05) is 10.6 Å². The second-order valence-electron chi connectivity index (χ2n) is 5.28. The molecule has 0 N–H and O–H groups in total. The Kier molecular flexibility index (Phi) is 4.81. The first kappa shape index (κ1) is 17.8. The van der Waals surface area contributed by atoms with Gasteiger partial charge in [0.25, 0.3) is 0 Å². The van der Waals surface area contributed by atoms with Gasteiger partial charge >= 0.3 is 6.18 Å². The summed E-state index contributed by atoms with van der Waals surface area (Å²) in [4.78, 5) is 0.591. The molecule has 1 heterocycles. The number of alkyl halides is 3. The third-order valence-electron chi connectivity index (χ3n) is 3.53. The normalized spacial score (nSPS) is 13.0. The van der Waals surface area contributed by atoms with Crippen LogP contribution in [-0.4, -0.2) is 20.6 Å². The highest BCUT2D eigenvalue weighted by molar-refractivity contribution is 7.90. The molecule has 2 aromatic carbocycles. The molecule has 25 heavy (non-hydrogen) atoms. The first-order valence-electron chi connectivity index (χ1n) is 7.13. The van der Waals surface area contributed by atoms with Gasteiger partial charge in [0.1, 0.15) is 6.26 Å². The summed E-state index contributed by atoms with van der Waals surface area (Å²) >= 11 is 4.78. The molecule has 0 saturated heterocycles. The summed E-state index contributed by atoms with van der Waals surface area (Å²) in [5.41, 5.74) is 0.215. The van der Waals surface area contributed by atoms with Gasteiger partial charge in [-0.2, -0.15) is 18.3 Å². The highest BCUT2D eigenvalue weighted by Crippen LogP contribution is 2.33. The van der Waals surface area contributed by atoms with Crippen LogP contribution in [0, 0.1) is 0 Å². The molecule has 1 unspecified atom stereocenters. The molecule has 130 valence electrons. The van der Waals surface area contributed by atoms with E-state index < -0.39 is 23.0 Å². The van der Waals surface area contributed by atoms with Crippen molar-refractivity contribution in [2.24, 2.45) is 0 Å². The van der Waals surface area contributed by atoms with Crippen LogP contribution in [0.3, 0.4) is 0 Å². The van der Waals surface area contributed by atoms with Crippen molar-refractivity contribution in [1.82, 2.24) is 9.78 Å². The Morgan fingerprint density at radius 2 is 1.76 bits per heavy atom. The van der Waals surface area contributed by atoms with Crippen molar-refractivity contribution in [2.75, 3.05) is 6.26 Å². The summed E-state index contributed by atoms with van der Waals surface area (Å²) in [6.07, 6.45) is -3.03. The van der Waals surface area contributed by atoms with E-state index in [1.54, 1.807) is 42.5 Å². The minimum Gasteiger partial charge on any atom is -0.612 e. The topological polar surface area (TPSA) is 40.9 Å². The first-order valence-corrected chi connectivity index (χ1v) is 9.06. The Morgan fingerprint density at radius 1 is 1.08 bits per heavy atom. The molecule has 0 bridgehead atoms. The van der Waals surface area contributed by atoms with Crippen LogP contribution >= 0.6 is 11.6 Å². The van der Waals surface area contributed by atoms with Crippen LogP contribution in [0.1, 0.15) is 5.69 Å².